The first kappa shape index (κ1) is 18.4. The minimum atomic E-state index is -0.113. The first-order valence-corrected chi connectivity index (χ1v) is 9.54. The minimum absolute atomic E-state index is 0.113. The summed E-state index contributed by atoms with van der Waals surface area (Å²) in [5, 5.41) is 10.9. The number of halogens is 1. The van der Waals surface area contributed by atoms with Crippen LogP contribution < -0.4 is 16.0 Å². The summed E-state index contributed by atoms with van der Waals surface area (Å²) in [5.74, 6) is 0.539. The molecule has 2 heterocycles. The number of hydrogen-bond donors (Lipinski definition) is 3. The Hall–Kier alpha value is -2.96. The first-order valence-electron chi connectivity index (χ1n) is 9.16. The maximum Gasteiger partial charge on any atom is 0.248 e. The Morgan fingerprint density at radius 1 is 1.07 bits per heavy atom. The van der Waals surface area contributed by atoms with Gasteiger partial charge in [0.1, 0.15) is 12.1 Å². The average molecular weight is 394 g/mol. The van der Waals surface area contributed by atoms with Crippen LogP contribution in [-0.2, 0) is 4.79 Å². The van der Waals surface area contributed by atoms with Crippen molar-refractivity contribution >= 4 is 45.6 Å². The van der Waals surface area contributed by atoms with Gasteiger partial charge in [0.15, 0.2) is 0 Å². The molecule has 1 fully saturated rings. The van der Waals surface area contributed by atoms with Crippen LogP contribution in [-0.4, -0.2) is 29.0 Å². The SMILES string of the molecule is O=C(C=C1CCNCC1)Nc1ccc2ncnc(Nc3cccc(Cl)c3)c2c1. The molecule has 0 spiro atoms. The van der Waals surface area contributed by atoms with Crippen molar-refractivity contribution < 1.29 is 4.79 Å². The lowest BCUT2D eigenvalue weighted by molar-refractivity contribution is -0.112. The third kappa shape index (κ3) is 4.47. The lowest BCUT2D eigenvalue weighted by atomic mass is 10.1. The zero-order chi connectivity index (χ0) is 19.3. The molecule has 1 saturated heterocycles. The molecule has 0 unspecified atom stereocenters. The molecule has 1 aliphatic heterocycles. The number of anilines is 3. The largest absolute Gasteiger partial charge is 0.340 e. The quantitative estimate of drug-likeness (QED) is 0.577. The summed E-state index contributed by atoms with van der Waals surface area (Å²) in [6.45, 7) is 1.84. The van der Waals surface area contributed by atoms with Crippen molar-refractivity contribution in [3.63, 3.8) is 0 Å². The van der Waals surface area contributed by atoms with E-state index >= 15 is 0 Å². The van der Waals surface area contributed by atoms with Gasteiger partial charge in [-0.15, -0.1) is 0 Å². The van der Waals surface area contributed by atoms with Crippen LogP contribution >= 0.6 is 11.6 Å². The van der Waals surface area contributed by atoms with Crippen molar-refractivity contribution in [2.75, 3.05) is 23.7 Å². The van der Waals surface area contributed by atoms with Crippen molar-refractivity contribution in [1.29, 1.82) is 0 Å². The third-order valence-corrected chi connectivity index (χ3v) is 4.81. The smallest absolute Gasteiger partial charge is 0.248 e. The molecule has 0 aliphatic carbocycles. The fourth-order valence-electron chi connectivity index (χ4n) is 3.19. The van der Waals surface area contributed by atoms with Crippen LogP contribution in [0, 0.1) is 0 Å². The van der Waals surface area contributed by atoms with Crippen molar-refractivity contribution in [1.82, 2.24) is 15.3 Å². The van der Waals surface area contributed by atoms with Gasteiger partial charge in [-0.25, -0.2) is 9.97 Å². The van der Waals surface area contributed by atoms with Crippen LogP contribution in [0.4, 0.5) is 17.2 Å². The molecule has 4 rings (SSSR count). The maximum atomic E-state index is 12.4. The lowest BCUT2D eigenvalue weighted by Crippen LogP contribution is -2.24. The number of benzene rings is 2. The Bertz CT molecular complexity index is 1040. The van der Waals surface area contributed by atoms with Gasteiger partial charge < -0.3 is 16.0 Å². The highest BCUT2D eigenvalue weighted by molar-refractivity contribution is 6.30. The molecule has 2 aromatic carbocycles. The highest BCUT2D eigenvalue weighted by Gasteiger charge is 2.09. The topological polar surface area (TPSA) is 78.9 Å². The summed E-state index contributed by atoms with van der Waals surface area (Å²) in [6, 6.07) is 13.0. The molecule has 6 nitrogen and oxygen atoms in total. The van der Waals surface area contributed by atoms with Crippen LogP contribution in [0.15, 0.2) is 60.4 Å². The zero-order valence-electron chi connectivity index (χ0n) is 15.2. The molecule has 0 radical (unpaired) electrons. The van der Waals surface area contributed by atoms with Gasteiger partial charge in [-0.05, 0) is 62.3 Å². The van der Waals surface area contributed by atoms with E-state index in [4.69, 9.17) is 11.6 Å². The molecule has 1 amide bonds. The molecule has 1 aromatic heterocycles. The number of rotatable bonds is 4. The number of piperidine rings is 1. The molecular formula is C21H20ClN5O. The Balaban J connectivity index is 1.58. The number of carbonyl (C=O) groups excluding carboxylic acids is 1. The normalized spacial score (nSPS) is 14.0. The molecule has 142 valence electrons. The highest BCUT2D eigenvalue weighted by Crippen LogP contribution is 2.27. The van der Waals surface area contributed by atoms with Crippen molar-refractivity contribution in [2.45, 2.75) is 12.8 Å². The van der Waals surface area contributed by atoms with Gasteiger partial charge in [-0.2, -0.15) is 0 Å². The molecule has 28 heavy (non-hydrogen) atoms. The summed E-state index contributed by atoms with van der Waals surface area (Å²) < 4.78 is 0. The molecule has 0 saturated carbocycles. The van der Waals surface area contributed by atoms with Crippen LogP contribution in [0.5, 0.6) is 0 Å². The summed E-state index contributed by atoms with van der Waals surface area (Å²) in [6.07, 6.45) is 5.03. The van der Waals surface area contributed by atoms with E-state index in [1.807, 2.05) is 42.5 Å². The number of aromatic nitrogens is 2. The van der Waals surface area contributed by atoms with Crippen LogP contribution in [0.3, 0.4) is 0 Å². The van der Waals surface area contributed by atoms with Gasteiger partial charge in [-0.1, -0.05) is 23.2 Å². The van der Waals surface area contributed by atoms with E-state index < -0.39 is 0 Å². The minimum Gasteiger partial charge on any atom is -0.340 e. The van der Waals surface area contributed by atoms with E-state index in [0.717, 1.165) is 42.5 Å². The van der Waals surface area contributed by atoms with E-state index in [2.05, 4.69) is 25.9 Å². The van der Waals surface area contributed by atoms with Crippen LogP contribution in [0.2, 0.25) is 5.02 Å². The highest BCUT2D eigenvalue weighted by atomic mass is 35.5. The number of nitrogens with one attached hydrogen (secondary N) is 3. The van der Waals surface area contributed by atoms with E-state index in [9.17, 15) is 4.79 Å². The predicted octanol–water partition coefficient (Wildman–Crippen LogP) is 4.28. The van der Waals surface area contributed by atoms with Gasteiger partial charge in [0.05, 0.1) is 5.52 Å². The second-order valence-corrected chi connectivity index (χ2v) is 7.07. The molecule has 3 aromatic rings. The van der Waals surface area contributed by atoms with E-state index in [1.54, 1.807) is 6.08 Å². The summed E-state index contributed by atoms with van der Waals surface area (Å²) in [5.41, 5.74) is 3.49. The number of fused-ring (bicyclic) bond motifs is 1. The van der Waals surface area contributed by atoms with E-state index in [1.165, 1.54) is 11.9 Å². The predicted molar refractivity (Wildman–Crippen MR) is 113 cm³/mol. The summed E-state index contributed by atoms with van der Waals surface area (Å²) in [4.78, 5) is 21.0. The second kappa shape index (κ2) is 8.37. The summed E-state index contributed by atoms with van der Waals surface area (Å²) >= 11 is 6.06. The van der Waals surface area contributed by atoms with E-state index in [-0.39, 0.29) is 5.91 Å². The fourth-order valence-corrected chi connectivity index (χ4v) is 3.38. The molecular weight excluding hydrogens is 374 g/mol. The third-order valence-electron chi connectivity index (χ3n) is 4.57. The molecule has 1 aliphatic rings. The Kier molecular flexibility index (Phi) is 5.50. The average Bonchev–Trinajstić information content (AvgIpc) is 2.69. The van der Waals surface area contributed by atoms with Gasteiger partial charge in [0, 0.05) is 27.9 Å². The maximum absolute atomic E-state index is 12.4. The van der Waals surface area contributed by atoms with E-state index in [0.29, 0.717) is 16.5 Å². The number of nitrogens with zero attached hydrogens (tertiary/aromatic N) is 2. The first-order chi connectivity index (χ1) is 13.7. The monoisotopic (exact) mass is 393 g/mol. The fraction of sp³-hybridized carbons (Fsp3) is 0.190. The summed E-state index contributed by atoms with van der Waals surface area (Å²) in [7, 11) is 0. The van der Waals surface area contributed by atoms with Crippen LogP contribution in [0.1, 0.15) is 12.8 Å². The van der Waals surface area contributed by atoms with Gasteiger partial charge in [0.25, 0.3) is 0 Å². The second-order valence-electron chi connectivity index (χ2n) is 6.63. The van der Waals surface area contributed by atoms with Crippen LogP contribution in [0.25, 0.3) is 10.9 Å². The Labute approximate surface area is 168 Å². The molecule has 0 bridgehead atoms. The van der Waals surface area contributed by atoms with Gasteiger partial charge in [0.2, 0.25) is 5.91 Å². The standard InChI is InChI=1S/C21H20ClN5O/c22-15-2-1-3-16(11-15)27-21-18-12-17(4-5-19(18)24-13-25-21)26-20(28)10-14-6-8-23-9-7-14/h1-5,10-13,23H,6-9H2,(H,26,28)(H,24,25,27). The number of carbonyl (C=O) groups is 1. The van der Waals surface area contributed by atoms with Gasteiger partial charge >= 0.3 is 0 Å². The van der Waals surface area contributed by atoms with Crippen molar-refractivity contribution in [2.24, 2.45) is 0 Å². The lowest BCUT2D eigenvalue weighted by Gasteiger charge is -2.15. The number of amides is 1. The van der Waals surface area contributed by atoms with Crippen molar-refractivity contribution in [3.8, 4) is 0 Å². The molecule has 7 heteroatoms. The van der Waals surface area contributed by atoms with Crippen molar-refractivity contribution in [3.05, 3.63) is 65.5 Å². The Morgan fingerprint density at radius 3 is 2.75 bits per heavy atom. The Morgan fingerprint density at radius 2 is 1.93 bits per heavy atom. The zero-order valence-corrected chi connectivity index (χ0v) is 16.0. The number of hydrogen-bond acceptors (Lipinski definition) is 5. The molecule has 0 atom stereocenters. The molecule has 3 N–H and O–H groups in total. The van der Waals surface area contributed by atoms with Gasteiger partial charge in [-0.3, -0.25) is 4.79 Å².